The molecule has 1 aromatic rings. The first-order chi connectivity index (χ1) is 9.09. The lowest BCUT2D eigenvalue weighted by atomic mass is 9.75. The van der Waals surface area contributed by atoms with E-state index in [1.165, 1.54) is 0 Å². The Morgan fingerprint density at radius 3 is 2.89 bits per heavy atom. The van der Waals surface area contributed by atoms with Crippen molar-refractivity contribution >= 4 is 11.7 Å². The second-order valence-electron chi connectivity index (χ2n) is 5.82. The van der Waals surface area contributed by atoms with E-state index in [1.54, 1.807) is 6.07 Å². The second kappa shape index (κ2) is 4.41. The second-order valence-corrected chi connectivity index (χ2v) is 5.82. The fraction of sp³-hybridized carbons (Fsp3) is 0.438. The van der Waals surface area contributed by atoms with Gasteiger partial charge in [0, 0.05) is 23.2 Å². The number of carbonyl (C=O) groups excluding carboxylic acids is 1. The van der Waals surface area contributed by atoms with E-state index in [0.29, 0.717) is 23.8 Å². The molecule has 0 unspecified atom stereocenters. The number of aromatic carboxylic acids is 1. The Morgan fingerprint density at radius 1 is 1.42 bits per heavy atom. The van der Waals surface area contributed by atoms with Crippen molar-refractivity contribution in [3.05, 3.63) is 41.5 Å². The minimum atomic E-state index is -1.10. The molecule has 0 aromatic heterocycles. The molecule has 2 aliphatic rings. The summed E-state index contributed by atoms with van der Waals surface area (Å²) in [6.45, 7) is 4.36. The smallest absolute Gasteiger partial charge is 0.0736 e. The molecule has 1 aromatic carbocycles. The molecular formula is C16H18NO2-. The number of carbonyl (C=O) groups is 1. The summed E-state index contributed by atoms with van der Waals surface area (Å²) in [4.78, 5) is 11.3. The molecule has 100 valence electrons. The van der Waals surface area contributed by atoms with Crippen LogP contribution >= 0.6 is 0 Å². The number of fused-ring (bicyclic) bond motifs is 3. The molecule has 3 atom stereocenters. The number of anilines is 1. The van der Waals surface area contributed by atoms with Crippen molar-refractivity contribution in [3.8, 4) is 0 Å². The SMILES string of the molecule is CC(C)[C@@H]1Nc2c(C(=O)[O-])cccc2[C@@H]2C=CC[C@H]21. The third-order valence-corrected chi connectivity index (χ3v) is 4.38. The van der Waals surface area contributed by atoms with Crippen LogP contribution in [0.5, 0.6) is 0 Å². The molecule has 0 bridgehead atoms. The normalized spacial score (nSPS) is 27.8. The Labute approximate surface area is 113 Å². The molecule has 0 fully saturated rings. The van der Waals surface area contributed by atoms with E-state index in [0.717, 1.165) is 17.7 Å². The molecular weight excluding hydrogens is 238 g/mol. The van der Waals surface area contributed by atoms with Gasteiger partial charge in [0.15, 0.2) is 0 Å². The largest absolute Gasteiger partial charge is 0.545 e. The zero-order valence-electron chi connectivity index (χ0n) is 11.2. The first kappa shape index (κ1) is 12.3. The summed E-state index contributed by atoms with van der Waals surface area (Å²) in [5, 5.41) is 14.7. The molecule has 0 spiro atoms. The van der Waals surface area contributed by atoms with Crippen LogP contribution in [0.1, 0.15) is 42.1 Å². The Kier molecular flexibility index (Phi) is 2.85. The number of allylic oxidation sites excluding steroid dienone is 2. The Bertz CT molecular complexity index is 548. The van der Waals surface area contributed by atoms with Gasteiger partial charge in [0.2, 0.25) is 0 Å². The molecule has 1 aliphatic carbocycles. The van der Waals surface area contributed by atoms with Gasteiger partial charge in [-0.2, -0.15) is 0 Å². The fourth-order valence-electron chi connectivity index (χ4n) is 3.49. The summed E-state index contributed by atoms with van der Waals surface area (Å²) in [6.07, 6.45) is 5.50. The van der Waals surface area contributed by atoms with E-state index >= 15 is 0 Å². The lowest BCUT2D eigenvalue weighted by Gasteiger charge is -2.40. The molecule has 0 amide bonds. The van der Waals surface area contributed by atoms with Crippen molar-refractivity contribution in [2.24, 2.45) is 11.8 Å². The summed E-state index contributed by atoms with van der Waals surface area (Å²) in [6, 6.07) is 5.77. The van der Waals surface area contributed by atoms with Gasteiger partial charge in [-0.25, -0.2) is 0 Å². The maximum Gasteiger partial charge on any atom is 0.0736 e. The van der Waals surface area contributed by atoms with Gasteiger partial charge in [0.25, 0.3) is 0 Å². The summed E-state index contributed by atoms with van der Waals surface area (Å²) < 4.78 is 0. The van der Waals surface area contributed by atoms with E-state index in [1.807, 2.05) is 12.1 Å². The quantitative estimate of drug-likeness (QED) is 0.825. The zero-order valence-corrected chi connectivity index (χ0v) is 11.2. The average Bonchev–Trinajstić information content (AvgIpc) is 2.85. The highest BCUT2D eigenvalue weighted by molar-refractivity contribution is 5.94. The molecule has 0 saturated carbocycles. The van der Waals surface area contributed by atoms with E-state index in [9.17, 15) is 9.90 Å². The van der Waals surface area contributed by atoms with Crippen LogP contribution in [0.2, 0.25) is 0 Å². The lowest BCUT2D eigenvalue weighted by molar-refractivity contribution is -0.254. The first-order valence-electron chi connectivity index (χ1n) is 6.87. The summed E-state index contributed by atoms with van der Waals surface area (Å²) in [5.74, 6) is 0.232. The minimum absolute atomic E-state index is 0.280. The van der Waals surface area contributed by atoms with E-state index in [4.69, 9.17) is 0 Å². The predicted octanol–water partition coefficient (Wildman–Crippen LogP) is 2.16. The van der Waals surface area contributed by atoms with Crippen LogP contribution in [0.25, 0.3) is 0 Å². The Morgan fingerprint density at radius 2 is 2.21 bits per heavy atom. The highest BCUT2D eigenvalue weighted by Crippen LogP contribution is 2.47. The number of carboxylic acids is 1. The third kappa shape index (κ3) is 1.84. The van der Waals surface area contributed by atoms with E-state index in [-0.39, 0.29) is 5.56 Å². The van der Waals surface area contributed by atoms with Crippen LogP contribution in [-0.4, -0.2) is 12.0 Å². The average molecular weight is 256 g/mol. The Hall–Kier alpha value is -1.77. The van der Waals surface area contributed by atoms with Gasteiger partial charge < -0.3 is 15.2 Å². The molecule has 1 heterocycles. The monoisotopic (exact) mass is 256 g/mol. The van der Waals surface area contributed by atoms with Crippen LogP contribution < -0.4 is 10.4 Å². The van der Waals surface area contributed by atoms with Gasteiger partial charge in [-0.05, 0) is 23.8 Å². The standard InChI is InChI=1S/C16H19NO2/c1-9(2)14-11-6-3-5-10(11)12-7-4-8-13(16(18)19)15(12)17-14/h3-5,7-11,14,17H,6H2,1-2H3,(H,18,19)/p-1/t10-,11-,14+/m1/s1. The topological polar surface area (TPSA) is 52.2 Å². The predicted molar refractivity (Wildman–Crippen MR) is 73.0 cm³/mol. The van der Waals surface area contributed by atoms with Crippen molar-refractivity contribution in [2.45, 2.75) is 32.2 Å². The third-order valence-electron chi connectivity index (χ3n) is 4.38. The summed E-state index contributed by atoms with van der Waals surface area (Å²) in [7, 11) is 0. The van der Waals surface area contributed by atoms with Crippen molar-refractivity contribution in [1.29, 1.82) is 0 Å². The number of rotatable bonds is 2. The number of nitrogens with one attached hydrogen (secondary N) is 1. The number of hydrogen-bond acceptors (Lipinski definition) is 3. The van der Waals surface area contributed by atoms with Crippen LogP contribution in [0.15, 0.2) is 30.4 Å². The number of carboxylic acid groups (broad SMARTS) is 1. The van der Waals surface area contributed by atoms with Crippen molar-refractivity contribution in [1.82, 2.24) is 0 Å². The van der Waals surface area contributed by atoms with Crippen molar-refractivity contribution < 1.29 is 9.90 Å². The molecule has 0 radical (unpaired) electrons. The first-order valence-corrected chi connectivity index (χ1v) is 6.87. The van der Waals surface area contributed by atoms with Crippen LogP contribution in [-0.2, 0) is 0 Å². The molecule has 3 nitrogen and oxygen atoms in total. The maximum atomic E-state index is 11.3. The number of hydrogen-bond donors (Lipinski definition) is 1. The van der Waals surface area contributed by atoms with Crippen LogP contribution in [0.3, 0.4) is 0 Å². The molecule has 1 aliphatic heterocycles. The molecule has 3 rings (SSSR count). The molecule has 0 saturated heterocycles. The number of para-hydroxylation sites is 1. The lowest BCUT2D eigenvalue weighted by Crippen LogP contribution is -2.40. The van der Waals surface area contributed by atoms with E-state index in [2.05, 4.69) is 31.3 Å². The minimum Gasteiger partial charge on any atom is -0.545 e. The van der Waals surface area contributed by atoms with Gasteiger partial charge >= 0.3 is 0 Å². The highest BCUT2D eigenvalue weighted by Gasteiger charge is 2.38. The molecule has 19 heavy (non-hydrogen) atoms. The number of benzene rings is 1. The van der Waals surface area contributed by atoms with E-state index < -0.39 is 5.97 Å². The van der Waals surface area contributed by atoms with Crippen LogP contribution in [0, 0.1) is 11.8 Å². The van der Waals surface area contributed by atoms with Gasteiger partial charge in [-0.3, -0.25) is 0 Å². The van der Waals surface area contributed by atoms with Gasteiger partial charge in [-0.15, -0.1) is 0 Å². The maximum absolute atomic E-state index is 11.3. The molecule has 3 heteroatoms. The van der Waals surface area contributed by atoms with Gasteiger partial charge in [0.1, 0.15) is 0 Å². The van der Waals surface area contributed by atoms with Crippen molar-refractivity contribution in [3.63, 3.8) is 0 Å². The fourth-order valence-corrected chi connectivity index (χ4v) is 3.49. The highest BCUT2D eigenvalue weighted by atomic mass is 16.4. The summed E-state index contributed by atoms with van der Waals surface area (Å²) in [5.41, 5.74) is 2.13. The van der Waals surface area contributed by atoms with Gasteiger partial charge in [-0.1, -0.05) is 44.2 Å². The molecule has 1 N–H and O–H groups in total. The summed E-state index contributed by atoms with van der Waals surface area (Å²) >= 11 is 0. The zero-order chi connectivity index (χ0) is 13.6. The van der Waals surface area contributed by atoms with Gasteiger partial charge in [0.05, 0.1) is 5.97 Å². The Balaban J connectivity index is 2.13. The van der Waals surface area contributed by atoms with Crippen molar-refractivity contribution in [2.75, 3.05) is 5.32 Å². The van der Waals surface area contributed by atoms with Crippen LogP contribution in [0.4, 0.5) is 5.69 Å².